The normalized spacial score (nSPS) is 10.4. The zero-order chi connectivity index (χ0) is 14.9. The van der Waals surface area contributed by atoms with E-state index in [0.717, 1.165) is 18.2 Å². The molecule has 2 aromatic rings. The van der Waals surface area contributed by atoms with Gasteiger partial charge in [-0.15, -0.1) is 0 Å². The fourth-order valence-corrected chi connectivity index (χ4v) is 2.40. The quantitative estimate of drug-likeness (QED) is 0.753. The summed E-state index contributed by atoms with van der Waals surface area (Å²) in [6, 6.07) is 5.94. The second-order valence-electron chi connectivity index (χ2n) is 3.80. The van der Waals surface area contributed by atoms with E-state index < -0.39 is 28.9 Å². The van der Waals surface area contributed by atoms with Gasteiger partial charge in [0.15, 0.2) is 0 Å². The molecule has 0 bridgehead atoms. The van der Waals surface area contributed by atoms with Crippen LogP contribution in [0.5, 0.6) is 0 Å². The summed E-state index contributed by atoms with van der Waals surface area (Å²) >= 11 is 5.95. The van der Waals surface area contributed by atoms with Crippen LogP contribution in [0.15, 0.2) is 39.3 Å². The first-order valence-electron chi connectivity index (χ1n) is 5.30. The van der Waals surface area contributed by atoms with Crippen molar-refractivity contribution >= 4 is 43.5 Å². The predicted molar refractivity (Wildman–Crippen MR) is 76.1 cm³/mol. The van der Waals surface area contributed by atoms with Crippen LogP contribution in [0, 0.1) is 17.5 Å². The summed E-state index contributed by atoms with van der Waals surface area (Å²) in [5.74, 6) is -3.87. The summed E-state index contributed by atoms with van der Waals surface area (Å²) in [4.78, 5) is 11.9. The fraction of sp³-hybridized carbons (Fsp3) is 0. The van der Waals surface area contributed by atoms with Gasteiger partial charge < -0.3 is 5.32 Å². The Morgan fingerprint density at radius 2 is 1.60 bits per heavy atom. The zero-order valence-corrected chi connectivity index (χ0v) is 12.9. The van der Waals surface area contributed by atoms with Crippen LogP contribution in [0.1, 0.15) is 10.4 Å². The topological polar surface area (TPSA) is 29.1 Å². The minimum absolute atomic E-state index is 0.163. The van der Waals surface area contributed by atoms with Gasteiger partial charge >= 0.3 is 0 Å². The van der Waals surface area contributed by atoms with Crippen LogP contribution in [0.2, 0.25) is 0 Å². The Morgan fingerprint density at radius 1 is 1.00 bits per heavy atom. The predicted octanol–water partition coefficient (Wildman–Crippen LogP) is 4.88. The molecular weight excluding hydrogens is 403 g/mol. The molecule has 0 atom stereocenters. The van der Waals surface area contributed by atoms with Gasteiger partial charge in [0, 0.05) is 8.95 Å². The van der Waals surface area contributed by atoms with Gasteiger partial charge in [0.2, 0.25) is 0 Å². The number of carbonyl (C=O) groups is 1. The number of nitrogens with one attached hydrogen (secondary N) is 1. The van der Waals surface area contributed by atoms with E-state index in [0.29, 0.717) is 0 Å². The molecule has 0 aliphatic rings. The number of carbonyl (C=O) groups excluding carboxylic acids is 1. The summed E-state index contributed by atoms with van der Waals surface area (Å²) < 4.78 is 41.2. The van der Waals surface area contributed by atoms with Crippen LogP contribution in [0.3, 0.4) is 0 Å². The molecule has 2 nitrogen and oxygen atoms in total. The van der Waals surface area contributed by atoms with Crippen molar-refractivity contribution in [3.8, 4) is 0 Å². The van der Waals surface area contributed by atoms with Gasteiger partial charge in [-0.1, -0.05) is 22.0 Å². The van der Waals surface area contributed by atoms with Crippen LogP contribution in [0.4, 0.5) is 18.9 Å². The molecule has 0 unspecified atom stereocenters. The molecule has 0 aromatic heterocycles. The van der Waals surface area contributed by atoms with Crippen LogP contribution >= 0.6 is 31.9 Å². The highest BCUT2D eigenvalue weighted by Crippen LogP contribution is 2.27. The zero-order valence-electron chi connectivity index (χ0n) is 9.68. The van der Waals surface area contributed by atoms with Crippen LogP contribution < -0.4 is 5.32 Å². The van der Waals surface area contributed by atoms with Crippen LogP contribution in [-0.2, 0) is 0 Å². The first kappa shape index (κ1) is 15.1. The summed E-state index contributed by atoms with van der Waals surface area (Å²) in [6.45, 7) is 0. The van der Waals surface area contributed by atoms with Crippen molar-refractivity contribution in [2.45, 2.75) is 0 Å². The molecule has 2 aromatic carbocycles. The van der Waals surface area contributed by atoms with Gasteiger partial charge in [0.1, 0.15) is 23.0 Å². The van der Waals surface area contributed by atoms with E-state index in [4.69, 9.17) is 0 Å². The maximum absolute atomic E-state index is 13.6. The number of anilines is 1. The van der Waals surface area contributed by atoms with Crippen molar-refractivity contribution in [3.05, 3.63) is 62.3 Å². The highest BCUT2D eigenvalue weighted by molar-refractivity contribution is 9.10. The SMILES string of the molecule is O=C(Nc1c(F)cccc1Br)c1c(F)cc(Br)cc1F. The molecule has 1 amide bonds. The van der Waals surface area contributed by atoms with Crippen LogP contribution in [0.25, 0.3) is 0 Å². The van der Waals surface area contributed by atoms with Crippen molar-refractivity contribution in [1.82, 2.24) is 0 Å². The van der Waals surface area contributed by atoms with Gasteiger partial charge in [-0.3, -0.25) is 4.79 Å². The molecule has 104 valence electrons. The maximum atomic E-state index is 13.6. The Kier molecular flexibility index (Phi) is 4.49. The Balaban J connectivity index is 2.39. The Bertz CT molecular complexity index is 648. The number of halogens is 5. The van der Waals surface area contributed by atoms with Gasteiger partial charge in [0.05, 0.1) is 5.69 Å². The lowest BCUT2D eigenvalue weighted by molar-refractivity contribution is 0.101. The molecule has 1 N–H and O–H groups in total. The van der Waals surface area contributed by atoms with Gasteiger partial charge in [0.25, 0.3) is 5.91 Å². The van der Waals surface area contributed by atoms with Crippen molar-refractivity contribution in [3.63, 3.8) is 0 Å². The summed E-state index contributed by atoms with van der Waals surface area (Å²) in [5.41, 5.74) is -0.956. The molecular formula is C13H6Br2F3NO. The first-order chi connectivity index (χ1) is 9.40. The van der Waals surface area contributed by atoms with E-state index in [1.165, 1.54) is 12.1 Å². The molecule has 0 spiro atoms. The molecule has 0 aliphatic carbocycles. The average Bonchev–Trinajstić information content (AvgIpc) is 2.32. The molecule has 0 fully saturated rings. The van der Waals surface area contributed by atoms with E-state index in [9.17, 15) is 18.0 Å². The molecule has 20 heavy (non-hydrogen) atoms. The Morgan fingerprint density at radius 3 is 2.15 bits per heavy atom. The molecule has 2 rings (SSSR count). The third-order valence-corrected chi connectivity index (χ3v) is 3.55. The Labute approximate surface area is 129 Å². The van der Waals surface area contributed by atoms with E-state index in [1.807, 2.05) is 0 Å². The molecule has 0 heterocycles. The molecule has 0 saturated carbocycles. The van der Waals surface area contributed by atoms with Crippen molar-refractivity contribution in [2.75, 3.05) is 5.32 Å². The van der Waals surface area contributed by atoms with Crippen molar-refractivity contribution in [1.29, 1.82) is 0 Å². The van der Waals surface area contributed by atoms with Crippen LogP contribution in [-0.4, -0.2) is 5.91 Å². The second-order valence-corrected chi connectivity index (χ2v) is 5.57. The number of hydrogen-bond acceptors (Lipinski definition) is 1. The maximum Gasteiger partial charge on any atom is 0.261 e. The number of para-hydroxylation sites is 1. The van der Waals surface area contributed by atoms with Crippen molar-refractivity contribution < 1.29 is 18.0 Å². The van der Waals surface area contributed by atoms with Gasteiger partial charge in [-0.25, -0.2) is 13.2 Å². The second kappa shape index (κ2) is 5.97. The molecule has 0 radical (unpaired) electrons. The smallest absolute Gasteiger partial charge is 0.261 e. The standard InChI is InChI=1S/C13H6Br2F3NO/c14-6-4-9(17)11(10(18)5-6)13(20)19-12-7(15)2-1-3-8(12)16/h1-5H,(H,19,20). The lowest BCUT2D eigenvalue weighted by Gasteiger charge is -2.10. The minimum atomic E-state index is -1.07. The summed E-state index contributed by atoms with van der Waals surface area (Å²) in [7, 11) is 0. The van der Waals surface area contributed by atoms with E-state index in [1.54, 1.807) is 0 Å². The number of rotatable bonds is 2. The van der Waals surface area contributed by atoms with Gasteiger partial charge in [-0.2, -0.15) is 0 Å². The minimum Gasteiger partial charge on any atom is -0.318 e. The van der Waals surface area contributed by atoms with Gasteiger partial charge in [-0.05, 0) is 40.2 Å². The molecule has 7 heteroatoms. The summed E-state index contributed by atoms with van der Waals surface area (Å²) in [6.07, 6.45) is 0. The number of benzene rings is 2. The van der Waals surface area contributed by atoms with E-state index in [2.05, 4.69) is 37.2 Å². The van der Waals surface area contributed by atoms with E-state index in [-0.39, 0.29) is 14.6 Å². The number of hydrogen-bond donors (Lipinski definition) is 1. The highest BCUT2D eigenvalue weighted by Gasteiger charge is 2.20. The largest absolute Gasteiger partial charge is 0.318 e. The first-order valence-corrected chi connectivity index (χ1v) is 6.88. The van der Waals surface area contributed by atoms with Crippen molar-refractivity contribution in [2.24, 2.45) is 0 Å². The third-order valence-electron chi connectivity index (χ3n) is 2.44. The van der Waals surface area contributed by atoms with E-state index >= 15 is 0 Å². The molecule has 0 aliphatic heterocycles. The Hall–Kier alpha value is -1.34. The highest BCUT2D eigenvalue weighted by atomic mass is 79.9. The average molecular weight is 409 g/mol. The number of amides is 1. The third kappa shape index (κ3) is 3.04. The lowest BCUT2D eigenvalue weighted by atomic mass is 10.1. The summed E-state index contributed by atoms with van der Waals surface area (Å²) in [5, 5.41) is 2.14. The molecule has 0 saturated heterocycles. The lowest BCUT2D eigenvalue weighted by Crippen LogP contribution is -2.17. The fourth-order valence-electron chi connectivity index (χ4n) is 1.55. The monoisotopic (exact) mass is 407 g/mol.